The summed E-state index contributed by atoms with van der Waals surface area (Å²) in [4.78, 5) is 37.3. The van der Waals surface area contributed by atoms with E-state index in [2.05, 4.69) is 20.8 Å². The Bertz CT molecular complexity index is 1220. The van der Waals surface area contributed by atoms with Gasteiger partial charge < -0.3 is 19.9 Å². The molecule has 0 saturated heterocycles. The van der Waals surface area contributed by atoms with Crippen LogP contribution in [0.2, 0.25) is 0 Å². The summed E-state index contributed by atoms with van der Waals surface area (Å²) in [5, 5.41) is 14.8. The van der Waals surface area contributed by atoms with Crippen LogP contribution in [-0.2, 0) is 16.6 Å². The standard InChI is InChI=1S/C25H29N5O4S/c1-15(2)21(27-23(32)17-10-8-9-16(3)13-17)22-28-29-25(30(22)4)35-14-20(31)26-19-12-7-6-11-18(19)24(33)34-5/h6-13,15,21H,14H2,1-5H3,(H,26,31)(H,27,32)/t21-/m0/s1. The number of hydrogen-bond acceptors (Lipinski definition) is 7. The third-order valence-electron chi connectivity index (χ3n) is 5.32. The Morgan fingerprint density at radius 2 is 1.83 bits per heavy atom. The topological polar surface area (TPSA) is 115 Å². The summed E-state index contributed by atoms with van der Waals surface area (Å²) in [6.45, 7) is 5.93. The van der Waals surface area contributed by atoms with Gasteiger partial charge in [-0.2, -0.15) is 0 Å². The molecule has 0 fully saturated rings. The average Bonchev–Trinajstić information content (AvgIpc) is 3.20. The largest absolute Gasteiger partial charge is 0.465 e. The predicted octanol–water partition coefficient (Wildman–Crippen LogP) is 3.77. The highest BCUT2D eigenvalue weighted by Gasteiger charge is 2.25. The van der Waals surface area contributed by atoms with Gasteiger partial charge in [0, 0.05) is 12.6 Å². The maximum Gasteiger partial charge on any atom is 0.339 e. The van der Waals surface area contributed by atoms with Crippen molar-refractivity contribution in [3.63, 3.8) is 0 Å². The molecule has 3 aromatic rings. The van der Waals surface area contributed by atoms with Crippen LogP contribution in [0, 0.1) is 12.8 Å². The van der Waals surface area contributed by atoms with Crippen LogP contribution in [0.15, 0.2) is 53.7 Å². The minimum Gasteiger partial charge on any atom is -0.465 e. The second-order valence-electron chi connectivity index (χ2n) is 8.34. The molecule has 0 aliphatic heterocycles. The Morgan fingerprint density at radius 3 is 2.51 bits per heavy atom. The summed E-state index contributed by atoms with van der Waals surface area (Å²) in [7, 11) is 3.09. The number of aryl methyl sites for hydroxylation is 1. The number of aromatic nitrogens is 3. The Labute approximate surface area is 208 Å². The first-order chi connectivity index (χ1) is 16.7. The van der Waals surface area contributed by atoms with Crippen molar-refractivity contribution < 1.29 is 19.1 Å². The lowest BCUT2D eigenvalue weighted by atomic mass is 10.0. The summed E-state index contributed by atoms with van der Waals surface area (Å²) in [5.41, 5.74) is 2.24. The van der Waals surface area contributed by atoms with E-state index >= 15 is 0 Å². The van der Waals surface area contributed by atoms with E-state index in [1.165, 1.54) is 18.9 Å². The number of ether oxygens (including phenoxy) is 1. The van der Waals surface area contributed by atoms with Gasteiger partial charge in [0.1, 0.15) is 0 Å². The number of nitrogens with zero attached hydrogens (tertiary/aromatic N) is 3. The van der Waals surface area contributed by atoms with E-state index in [0.29, 0.717) is 22.2 Å². The van der Waals surface area contributed by atoms with E-state index < -0.39 is 5.97 Å². The number of hydrogen-bond donors (Lipinski definition) is 2. The molecule has 0 aliphatic rings. The first kappa shape index (κ1) is 26.0. The molecule has 1 heterocycles. The molecule has 0 radical (unpaired) electrons. The summed E-state index contributed by atoms with van der Waals surface area (Å²) < 4.78 is 6.54. The molecule has 0 aliphatic carbocycles. The first-order valence-electron chi connectivity index (χ1n) is 11.1. The number of nitrogens with one attached hydrogen (secondary N) is 2. The third kappa shape index (κ3) is 6.48. The number of carbonyl (C=O) groups excluding carboxylic acids is 3. The van der Waals surface area contributed by atoms with Crippen LogP contribution >= 0.6 is 11.8 Å². The van der Waals surface area contributed by atoms with Crippen molar-refractivity contribution in [3.8, 4) is 0 Å². The number of esters is 1. The maximum atomic E-state index is 12.8. The Morgan fingerprint density at radius 1 is 1.09 bits per heavy atom. The lowest BCUT2D eigenvalue weighted by molar-refractivity contribution is -0.113. The second kappa shape index (κ2) is 11.7. The number of carbonyl (C=O) groups is 3. The normalized spacial score (nSPS) is 11.7. The maximum absolute atomic E-state index is 12.8. The van der Waals surface area contributed by atoms with Crippen LogP contribution in [0.4, 0.5) is 5.69 Å². The molecule has 9 nitrogen and oxygen atoms in total. The van der Waals surface area contributed by atoms with Gasteiger partial charge in [0.15, 0.2) is 11.0 Å². The lowest BCUT2D eigenvalue weighted by Crippen LogP contribution is -2.33. The van der Waals surface area contributed by atoms with Gasteiger partial charge in [-0.05, 0) is 37.1 Å². The Balaban J connectivity index is 1.68. The summed E-state index contributed by atoms with van der Waals surface area (Å²) in [5.74, 6) is -0.303. The van der Waals surface area contributed by atoms with Crippen molar-refractivity contribution in [2.45, 2.75) is 32.0 Å². The van der Waals surface area contributed by atoms with Crippen LogP contribution in [0.3, 0.4) is 0 Å². The van der Waals surface area contributed by atoms with Crippen LogP contribution in [0.25, 0.3) is 0 Å². The summed E-state index contributed by atoms with van der Waals surface area (Å²) in [6, 6.07) is 13.7. The summed E-state index contributed by atoms with van der Waals surface area (Å²) >= 11 is 1.21. The molecule has 0 saturated carbocycles. The number of thioether (sulfide) groups is 1. The molecule has 1 atom stereocenters. The molecular weight excluding hydrogens is 466 g/mol. The van der Waals surface area contributed by atoms with Gasteiger partial charge >= 0.3 is 5.97 Å². The molecule has 0 bridgehead atoms. The molecule has 0 spiro atoms. The van der Waals surface area contributed by atoms with Crippen molar-refractivity contribution in [1.82, 2.24) is 20.1 Å². The SMILES string of the molecule is COC(=O)c1ccccc1NC(=O)CSc1nnc([C@@H](NC(=O)c2cccc(C)c2)C(C)C)n1C. The zero-order valence-corrected chi connectivity index (χ0v) is 21.2. The Kier molecular flexibility index (Phi) is 8.64. The van der Waals surface area contributed by atoms with Gasteiger partial charge in [-0.3, -0.25) is 9.59 Å². The molecular formula is C25H29N5O4S. The van der Waals surface area contributed by atoms with E-state index in [-0.39, 0.29) is 35.1 Å². The van der Waals surface area contributed by atoms with Crippen LogP contribution < -0.4 is 10.6 Å². The quantitative estimate of drug-likeness (QED) is 0.343. The zero-order chi connectivity index (χ0) is 25.5. The number of anilines is 1. The molecule has 2 N–H and O–H groups in total. The van der Waals surface area contributed by atoms with E-state index in [1.807, 2.05) is 39.0 Å². The second-order valence-corrected chi connectivity index (χ2v) is 9.28. The number of rotatable bonds is 9. The van der Waals surface area contributed by atoms with Gasteiger partial charge in [0.25, 0.3) is 5.91 Å². The first-order valence-corrected chi connectivity index (χ1v) is 12.1. The van der Waals surface area contributed by atoms with Gasteiger partial charge in [-0.25, -0.2) is 4.79 Å². The molecule has 1 aromatic heterocycles. The average molecular weight is 496 g/mol. The zero-order valence-electron chi connectivity index (χ0n) is 20.4. The van der Waals surface area contributed by atoms with Gasteiger partial charge in [-0.1, -0.05) is 55.4 Å². The molecule has 35 heavy (non-hydrogen) atoms. The number of methoxy groups -OCH3 is 1. The number of benzene rings is 2. The minimum absolute atomic E-state index is 0.0580. The highest BCUT2D eigenvalue weighted by atomic mass is 32.2. The fourth-order valence-electron chi connectivity index (χ4n) is 3.46. The van der Waals surface area contributed by atoms with Crippen molar-refractivity contribution in [3.05, 3.63) is 71.0 Å². The highest BCUT2D eigenvalue weighted by molar-refractivity contribution is 7.99. The van der Waals surface area contributed by atoms with Crippen molar-refractivity contribution in [2.75, 3.05) is 18.2 Å². The molecule has 2 aromatic carbocycles. The monoisotopic (exact) mass is 495 g/mol. The highest BCUT2D eigenvalue weighted by Crippen LogP contribution is 2.25. The molecule has 184 valence electrons. The van der Waals surface area contributed by atoms with Gasteiger partial charge in [0.05, 0.1) is 30.2 Å². The third-order valence-corrected chi connectivity index (χ3v) is 6.34. The van der Waals surface area contributed by atoms with E-state index in [1.54, 1.807) is 41.9 Å². The van der Waals surface area contributed by atoms with E-state index in [0.717, 1.165) is 5.56 Å². The molecule has 2 amide bonds. The fourth-order valence-corrected chi connectivity index (χ4v) is 4.18. The minimum atomic E-state index is -0.529. The number of amides is 2. The van der Waals surface area contributed by atoms with Crippen LogP contribution in [-0.4, -0.2) is 45.4 Å². The molecule has 3 rings (SSSR count). The van der Waals surface area contributed by atoms with Crippen molar-refractivity contribution in [2.24, 2.45) is 13.0 Å². The molecule has 0 unspecified atom stereocenters. The fraction of sp³-hybridized carbons (Fsp3) is 0.320. The summed E-state index contributed by atoms with van der Waals surface area (Å²) in [6.07, 6.45) is 0. The van der Waals surface area contributed by atoms with Crippen molar-refractivity contribution >= 4 is 35.2 Å². The van der Waals surface area contributed by atoms with E-state index in [9.17, 15) is 14.4 Å². The predicted molar refractivity (Wildman–Crippen MR) is 134 cm³/mol. The van der Waals surface area contributed by atoms with Crippen molar-refractivity contribution in [1.29, 1.82) is 0 Å². The van der Waals surface area contributed by atoms with Crippen LogP contribution in [0.5, 0.6) is 0 Å². The molecule has 10 heteroatoms. The number of para-hydroxylation sites is 1. The van der Waals surface area contributed by atoms with E-state index in [4.69, 9.17) is 4.74 Å². The van der Waals surface area contributed by atoms with Crippen LogP contribution in [0.1, 0.15) is 52.0 Å². The van der Waals surface area contributed by atoms with Gasteiger partial charge in [0.2, 0.25) is 5.91 Å². The lowest BCUT2D eigenvalue weighted by Gasteiger charge is -2.21. The smallest absolute Gasteiger partial charge is 0.339 e. The van der Waals surface area contributed by atoms with Gasteiger partial charge in [-0.15, -0.1) is 10.2 Å². The Hall–Kier alpha value is -3.66.